The Morgan fingerprint density at radius 1 is 1.26 bits per heavy atom. The van der Waals surface area contributed by atoms with Crippen molar-refractivity contribution in [3.8, 4) is 0 Å². The lowest BCUT2D eigenvalue weighted by atomic mass is 10.2. The molecule has 0 bridgehead atoms. The van der Waals surface area contributed by atoms with Crippen molar-refractivity contribution in [2.75, 3.05) is 12.4 Å². The molecule has 0 saturated carbocycles. The molecule has 2 aromatic carbocycles. The minimum Gasteiger partial charge on any atom is -0.325 e. The number of halogens is 3. The van der Waals surface area contributed by atoms with E-state index in [0.717, 1.165) is 5.56 Å². The zero-order valence-electron chi connectivity index (χ0n) is 12.8. The van der Waals surface area contributed by atoms with Gasteiger partial charge in [-0.15, -0.1) is 0 Å². The Morgan fingerprint density at radius 3 is 2.65 bits per heavy atom. The Labute approximate surface area is 138 Å². The summed E-state index contributed by atoms with van der Waals surface area (Å²) in [6, 6.07) is 9.76. The first-order chi connectivity index (χ1) is 10.9. The molecular weight excluding hydrogens is 322 g/mol. The summed E-state index contributed by atoms with van der Waals surface area (Å²) in [5.74, 6) is -1.11. The van der Waals surface area contributed by atoms with Crippen molar-refractivity contribution in [1.29, 1.82) is 0 Å². The molecule has 2 aromatic rings. The summed E-state index contributed by atoms with van der Waals surface area (Å²) in [5, 5.41) is 2.63. The Bertz CT molecular complexity index is 709. The zero-order valence-corrected chi connectivity index (χ0v) is 13.6. The van der Waals surface area contributed by atoms with Crippen LogP contribution in [0.1, 0.15) is 12.5 Å². The second-order valence-corrected chi connectivity index (χ2v) is 5.75. The second-order valence-electron chi connectivity index (χ2n) is 5.34. The van der Waals surface area contributed by atoms with Crippen LogP contribution in [0.3, 0.4) is 0 Å². The van der Waals surface area contributed by atoms with Crippen LogP contribution < -0.4 is 5.32 Å². The Morgan fingerprint density at radius 2 is 2.00 bits per heavy atom. The Hall–Kier alpha value is -1.98. The fraction of sp³-hybridized carbons (Fsp3) is 0.235. The van der Waals surface area contributed by atoms with Gasteiger partial charge in [0.05, 0.1) is 11.1 Å². The highest BCUT2D eigenvalue weighted by Crippen LogP contribution is 2.20. The molecule has 1 N–H and O–H groups in total. The molecule has 2 rings (SSSR count). The number of hydrogen-bond donors (Lipinski definition) is 1. The van der Waals surface area contributed by atoms with Gasteiger partial charge in [-0.1, -0.05) is 23.7 Å². The van der Waals surface area contributed by atoms with Crippen molar-refractivity contribution < 1.29 is 13.6 Å². The average molecular weight is 339 g/mol. The Balaban J connectivity index is 1.99. The topological polar surface area (TPSA) is 32.3 Å². The number of nitrogens with one attached hydrogen (secondary N) is 1. The summed E-state index contributed by atoms with van der Waals surface area (Å²) >= 11 is 5.69. The van der Waals surface area contributed by atoms with Crippen LogP contribution in [0.2, 0.25) is 5.02 Å². The van der Waals surface area contributed by atoms with E-state index in [9.17, 15) is 13.6 Å². The quantitative estimate of drug-likeness (QED) is 0.891. The third kappa shape index (κ3) is 4.74. The Kier molecular flexibility index (Phi) is 5.69. The van der Waals surface area contributed by atoms with Crippen LogP contribution in [0.15, 0.2) is 42.5 Å². The number of nitrogens with zero attached hydrogens (tertiary/aromatic N) is 1. The summed E-state index contributed by atoms with van der Waals surface area (Å²) in [4.78, 5) is 14.0. The number of likely N-dealkylation sites (N-methyl/N-ethyl adjacent to an activating group) is 1. The average Bonchev–Trinajstić information content (AvgIpc) is 2.50. The third-order valence-corrected chi connectivity index (χ3v) is 3.84. The summed E-state index contributed by atoms with van der Waals surface area (Å²) < 4.78 is 26.3. The lowest BCUT2D eigenvalue weighted by molar-refractivity contribution is -0.120. The molecule has 0 heterocycles. The largest absolute Gasteiger partial charge is 0.325 e. The molecule has 1 atom stereocenters. The number of carbonyl (C=O) groups is 1. The normalized spacial score (nSPS) is 12.3. The molecule has 122 valence electrons. The third-order valence-electron chi connectivity index (χ3n) is 3.55. The monoisotopic (exact) mass is 338 g/mol. The van der Waals surface area contributed by atoms with Gasteiger partial charge < -0.3 is 5.32 Å². The van der Waals surface area contributed by atoms with Crippen molar-refractivity contribution in [3.05, 3.63) is 64.7 Å². The highest BCUT2D eigenvalue weighted by atomic mass is 35.5. The highest BCUT2D eigenvalue weighted by molar-refractivity contribution is 6.31. The summed E-state index contributed by atoms with van der Waals surface area (Å²) in [7, 11) is 1.77. The number of rotatable bonds is 5. The summed E-state index contributed by atoms with van der Waals surface area (Å²) in [5.41, 5.74) is 1.20. The van der Waals surface area contributed by atoms with Gasteiger partial charge in [0, 0.05) is 12.2 Å². The maximum absolute atomic E-state index is 13.2. The first kappa shape index (κ1) is 17.4. The van der Waals surface area contributed by atoms with Crippen molar-refractivity contribution >= 4 is 23.2 Å². The van der Waals surface area contributed by atoms with E-state index in [-0.39, 0.29) is 16.7 Å². The summed E-state index contributed by atoms with van der Waals surface area (Å²) in [6.45, 7) is 2.16. The molecule has 6 heteroatoms. The minimum absolute atomic E-state index is 0.0523. The lowest BCUT2D eigenvalue weighted by Crippen LogP contribution is -2.39. The van der Waals surface area contributed by atoms with E-state index >= 15 is 0 Å². The van der Waals surface area contributed by atoms with E-state index in [0.29, 0.717) is 12.2 Å². The van der Waals surface area contributed by atoms with Gasteiger partial charge in [0.15, 0.2) is 0 Å². The predicted octanol–water partition coefficient (Wildman–Crippen LogP) is 4.08. The molecule has 0 spiro atoms. The van der Waals surface area contributed by atoms with E-state index in [1.54, 1.807) is 31.0 Å². The molecule has 1 unspecified atom stereocenters. The molecule has 0 aliphatic carbocycles. The maximum atomic E-state index is 13.2. The van der Waals surface area contributed by atoms with Crippen LogP contribution in [-0.4, -0.2) is 23.9 Å². The van der Waals surface area contributed by atoms with E-state index in [1.807, 2.05) is 0 Å². The molecular formula is C17H17ClF2N2O. The van der Waals surface area contributed by atoms with Gasteiger partial charge in [0.1, 0.15) is 11.6 Å². The fourth-order valence-corrected chi connectivity index (χ4v) is 2.26. The SMILES string of the molecule is CC(C(=O)Nc1ccc(F)c(Cl)c1)N(C)Cc1cccc(F)c1. The number of amides is 1. The maximum Gasteiger partial charge on any atom is 0.241 e. The molecule has 0 aliphatic heterocycles. The van der Waals surface area contributed by atoms with Gasteiger partial charge in [-0.3, -0.25) is 9.69 Å². The van der Waals surface area contributed by atoms with Crippen LogP contribution >= 0.6 is 11.6 Å². The number of hydrogen-bond acceptors (Lipinski definition) is 2. The smallest absolute Gasteiger partial charge is 0.241 e. The van der Waals surface area contributed by atoms with Crippen LogP contribution in [0.25, 0.3) is 0 Å². The van der Waals surface area contributed by atoms with E-state index in [1.165, 1.54) is 30.3 Å². The van der Waals surface area contributed by atoms with Crippen molar-refractivity contribution in [3.63, 3.8) is 0 Å². The van der Waals surface area contributed by atoms with E-state index < -0.39 is 11.9 Å². The fourth-order valence-electron chi connectivity index (χ4n) is 2.08. The van der Waals surface area contributed by atoms with Gasteiger partial charge in [0.2, 0.25) is 5.91 Å². The lowest BCUT2D eigenvalue weighted by Gasteiger charge is -2.24. The first-order valence-corrected chi connectivity index (χ1v) is 7.45. The van der Waals surface area contributed by atoms with Crippen LogP contribution in [0.5, 0.6) is 0 Å². The molecule has 0 aliphatic rings. The number of anilines is 1. The molecule has 0 aromatic heterocycles. The number of benzene rings is 2. The molecule has 0 radical (unpaired) electrons. The molecule has 3 nitrogen and oxygen atoms in total. The second kappa shape index (κ2) is 7.53. The van der Waals surface area contributed by atoms with Crippen LogP contribution in [-0.2, 0) is 11.3 Å². The van der Waals surface area contributed by atoms with Crippen molar-refractivity contribution in [2.24, 2.45) is 0 Å². The van der Waals surface area contributed by atoms with Gasteiger partial charge in [0.25, 0.3) is 0 Å². The standard InChI is InChI=1S/C17H17ClF2N2O/c1-11(22(2)10-12-4-3-5-13(19)8-12)17(23)21-14-6-7-16(20)15(18)9-14/h3-9,11H,10H2,1-2H3,(H,21,23). The zero-order chi connectivity index (χ0) is 17.0. The van der Waals surface area contributed by atoms with Gasteiger partial charge >= 0.3 is 0 Å². The van der Waals surface area contributed by atoms with Crippen LogP contribution in [0, 0.1) is 11.6 Å². The molecule has 0 fully saturated rings. The van der Waals surface area contributed by atoms with Gasteiger partial charge in [-0.25, -0.2) is 8.78 Å². The first-order valence-electron chi connectivity index (χ1n) is 7.07. The van der Waals surface area contributed by atoms with Crippen molar-refractivity contribution in [2.45, 2.75) is 19.5 Å². The van der Waals surface area contributed by atoms with Gasteiger partial charge in [-0.2, -0.15) is 0 Å². The predicted molar refractivity (Wildman–Crippen MR) is 87.4 cm³/mol. The minimum atomic E-state index is -0.541. The van der Waals surface area contributed by atoms with Gasteiger partial charge in [-0.05, 0) is 49.9 Å². The van der Waals surface area contributed by atoms with Crippen molar-refractivity contribution in [1.82, 2.24) is 4.90 Å². The van der Waals surface area contributed by atoms with E-state index in [2.05, 4.69) is 5.32 Å². The molecule has 0 saturated heterocycles. The highest BCUT2D eigenvalue weighted by Gasteiger charge is 2.18. The summed E-state index contributed by atoms with van der Waals surface area (Å²) in [6.07, 6.45) is 0. The molecule has 23 heavy (non-hydrogen) atoms. The van der Waals surface area contributed by atoms with E-state index in [4.69, 9.17) is 11.6 Å². The van der Waals surface area contributed by atoms with Crippen LogP contribution in [0.4, 0.5) is 14.5 Å². The number of carbonyl (C=O) groups excluding carboxylic acids is 1. The molecule has 1 amide bonds.